The molecule has 2 atom stereocenters. The molecule has 3 rings (SSSR count). The average Bonchev–Trinajstić information content (AvgIpc) is 3.28. The van der Waals surface area contributed by atoms with Crippen LogP contribution in [0.5, 0.6) is 5.75 Å². The monoisotopic (exact) mass is 330 g/mol. The normalized spacial score (nSPS) is 20.5. The minimum atomic E-state index is 0.0839. The second-order valence-electron chi connectivity index (χ2n) is 5.07. The van der Waals surface area contributed by atoms with Crippen molar-refractivity contribution in [3.05, 3.63) is 64.1 Å². The smallest absolute Gasteiger partial charge is 0.170 e. The van der Waals surface area contributed by atoms with Gasteiger partial charge in [-0.15, -0.1) is 0 Å². The first-order valence-corrected chi connectivity index (χ1v) is 7.42. The molecule has 0 heterocycles. The summed E-state index contributed by atoms with van der Waals surface area (Å²) in [4.78, 5) is 12.6. The standard InChI is InChI=1S/C17H15BrO2/c1-20-16-8-7-12(18)9-15(16)17(19)14-10-13(14)11-5-3-2-4-6-11/h2-9,13-14H,10H2,1H3. The molecule has 102 valence electrons. The summed E-state index contributed by atoms with van der Waals surface area (Å²) in [7, 11) is 1.60. The fourth-order valence-electron chi connectivity index (χ4n) is 2.63. The summed E-state index contributed by atoms with van der Waals surface area (Å²) in [6.07, 6.45) is 0.929. The van der Waals surface area contributed by atoms with Gasteiger partial charge in [-0.05, 0) is 36.1 Å². The Hall–Kier alpha value is -1.61. The van der Waals surface area contributed by atoms with E-state index >= 15 is 0 Å². The van der Waals surface area contributed by atoms with Gasteiger partial charge in [-0.2, -0.15) is 0 Å². The summed E-state index contributed by atoms with van der Waals surface area (Å²) in [5.41, 5.74) is 1.92. The topological polar surface area (TPSA) is 26.3 Å². The highest BCUT2D eigenvalue weighted by Gasteiger charge is 2.44. The van der Waals surface area contributed by atoms with E-state index in [1.54, 1.807) is 7.11 Å². The van der Waals surface area contributed by atoms with Gasteiger partial charge in [0.05, 0.1) is 12.7 Å². The van der Waals surface area contributed by atoms with Gasteiger partial charge in [0.2, 0.25) is 0 Å². The van der Waals surface area contributed by atoms with Crippen LogP contribution < -0.4 is 4.74 Å². The fourth-order valence-corrected chi connectivity index (χ4v) is 2.99. The van der Waals surface area contributed by atoms with Crippen molar-refractivity contribution in [2.45, 2.75) is 12.3 Å². The van der Waals surface area contributed by atoms with Crippen LogP contribution in [0.4, 0.5) is 0 Å². The number of rotatable bonds is 4. The van der Waals surface area contributed by atoms with E-state index in [9.17, 15) is 4.79 Å². The molecule has 3 heteroatoms. The van der Waals surface area contributed by atoms with E-state index < -0.39 is 0 Å². The van der Waals surface area contributed by atoms with Crippen LogP contribution in [-0.2, 0) is 0 Å². The molecule has 0 N–H and O–H groups in total. The highest BCUT2D eigenvalue weighted by Crippen LogP contribution is 2.49. The number of benzene rings is 2. The maximum Gasteiger partial charge on any atom is 0.170 e. The molecule has 2 nitrogen and oxygen atoms in total. The second-order valence-corrected chi connectivity index (χ2v) is 5.98. The Morgan fingerprint density at radius 2 is 1.95 bits per heavy atom. The number of carbonyl (C=O) groups excluding carboxylic acids is 1. The number of hydrogen-bond donors (Lipinski definition) is 0. The quantitative estimate of drug-likeness (QED) is 0.774. The summed E-state index contributed by atoms with van der Waals surface area (Å²) < 4.78 is 6.20. The SMILES string of the molecule is COc1ccc(Br)cc1C(=O)C1CC1c1ccccc1. The van der Waals surface area contributed by atoms with Gasteiger partial charge in [0, 0.05) is 10.4 Å². The van der Waals surface area contributed by atoms with Gasteiger partial charge in [-0.3, -0.25) is 4.79 Å². The number of methoxy groups -OCH3 is 1. The zero-order valence-corrected chi connectivity index (χ0v) is 12.8. The molecule has 0 saturated heterocycles. The third-order valence-corrected chi connectivity index (χ3v) is 4.28. The Kier molecular flexibility index (Phi) is 3.62. The molecule has 1 aliphatic rings. The van der Waals surface area contributed by atoms with Gasteiger partial charge in [-0.1, -0.05) is 46.3 Å². The first-order chi connectivity index (χ1) is 9.70. The van der Waals surface area contributed by atoms with Crippen LogP contribution in [-0.4, -0.2) is 12.9 Å². The molecule has 2 aromatic rings. The molecule has 0 bridgehead atoms. The Bertz CT molecular complexity index is 637. The maximum absolute atomic E-state index is 12.6. The highest BCUT2D eigenvalue weighted by molar-refractivity contribution is 9.10. The third kappa shape index (κ3) is 2.50. The fraction of sp³-hybridized carbons (Fsp3) is 0.235. The predicted octanol–water partition coefficient (Wildman–Crippen LogP) is 4.44. The Morgan fingerprint density at radius 1 is 1.20 bits per heavy atom. The first-order valence-electron chi connectivity index (χ1n) is 6.63. The van der Waals surface area contributed by atoms with E-state index in [2.05, 4.69) is 28.1 Å². The van der Waals surface area contributed by atoms with Gasteiger partial charge < -0.3 is 4.74 Å². The van der Waals surface area contributed by atoms with Crippen LogP contribution in [0.3, 0.4) is 0 Å². The molecule has 0 aliphatic heterocycles. The summed E-state index contributed by atoms with van der Waals surface area (Å²) >= 11 is 3.42. The van der Waals surface area contributed by atoms with Crippen molar-refractivity contribution in [2.24, 2.45) is 5.92 Å². The van der Waals surface area contributed by atoms with Gasteiger partial charge in [0.25, 0.3) is 0 Å². The molecule has 1 saturated carbocycles. The summed E-state index contributed by atoms with van der Waals surface area (Å²) in [6.45, 7) is 0. The summed E-state index contributed by atoms with van der Waals surface area (Å²) in [5.74, 6) is 1.27. The van der Waals surface area contributed by atoms with Crippen LogP contribution in [0.15, 0.2) is 53.0 Å². The molecule has 1 aliphatic carbocycles. The van der Waals surface area contributed by atoms with Gasteiger partial charge in [-0.25, -0.2) is 0 Å². The minimum absolute atomic E-state index is 0.0839. The molecule has 1 fully saturated rings. The van der Waals surface area contributed by atoms with Crippen molar-refractivity contribution >= 4 is 21.7 Å². The predicted molar refractivity (Wildman–Crippen MR) is 82.3 cm³/mol. The second kappa shape index (κ2) is 5.41. The van der Waals surface area contributed by atoms with Crippen molar-refractivity contribution in [3.63, 3.8) is 0 Å². The molecule has 2 aromatic carbocycles. The summed E-state index contributed by atoms with van der Waals surface area (Å²) in [6, 6.07) is 15.8. The first kappa shape index (κ1) is 13.4. The number of ether oxygens (including phenoxy) is 1. The average molecular weight is 331 g/mol. The van der Waals surface area contributed by atoms with E-state index in [0.29, 0.717) is 17.2 Å². The molecular formula is C17H15BrO2. The van der Waals surface area contributed by atoms with Crippen molar-refractivity contribution in [1.29, 1.82) is 0 Å². The minimum Gasteiger partial charge on any atom is -0.496 e. The van der Waals surface area contributed by atoms with Crippen molar-refractivity contribution < 1.29 is 9.53 Å². The van der Waals surface area contributed by atoms with E-state index in [0.717, 1.165) is 10.9 Å². The molecule has 0 amide bonds. The highest BCUT2D eigenvalue weighted by atomic mass is 79.9. The van der Waals surface area contributed by atoms with E-state index in [-0.39, 0.29) is 11.7 Å². The Balaban J connectivity index is 1.83. The maximum atomic E-state index is 12.6. The van der Waals surface area contributed by atoms with Crippen molar-refractivity contribution in [1.82, 2.24) is 0 Å². The van der Waals surface area contributed by atoms with Crippen LogP contribution in [0.25, 0.3) is 0 Å². The molecular weight excluding hydrogens is 316 g/mol. The van der Waals surface area contributed by atoms with Gasteiger partial charge in [0.15, 0.2) is 5.78 Å². The van der Waals surface area contributed by atoms with E-state index in [4.69, 9.17) is 4.74 Å². The van der Waals surface area contributed by atoms with E-state index in [1.807, 2.05) is 36.4 Å². The van der Waals surface area contributed by atoms with E-state index in [1.165, 1.54) is 5.56 Å². The molecule has 0 spiro atoms. The molecule has 20 heavy (non-hydrogen) atoms. The number of ketones is 1. The number of hydrogen-bond acceptors (Lipinski definition) is 2. The lowest BCUT2D eigenvalue weighted by atomic mass is 10.0. The Labute approximate surface area is 126 Å². The van der Waals surface area contributed by atoms with Crippen molar-refractivity contribution in [3.8, 4) is 5.75 Å². The Morgan fingerprint density at radius 3 is 2.65 bits per heavy atom. The largest absolute Gasteiger partial charge is 0.496 e. The zero-order chi connectivity index (χ0) is 14.1. The number of halogens is 1. The van der Waals surface area contributed by atoms with Gasteiger partial charge >= 0.3 is 0 Å². The molecule has 0 radical (unpaired) electrons. The number of Topliss-reactive ketones (excluding diaryl/α,β-unsaturated/α-hetero) is 1. The lowest BCUT2D eigenvalue weighted by molar-refractivity contribution is 0.0962. The number of carbonyl (C=O) groups is 1. The van der Waals surface area contributed by atoms with Crippen molar-refractivity contribution in [2.75, 3.05) is 7.11 Å². The summed E-state index contributed by atoms with van der Waals surface area (Å²) in [5, 5.41) is 0. The molecule has 2 unspecified atom stereocenters. The van der Waals surface area contributed by atoms with Crippen LogP contribution >= 0.6 is 15.9 Å². The van der Waals surface area contributed by atoms with Crippen LogP contribution in [0, 0.1) is 5.92 Å². The van der Waals surface area contributed by atoms with Crippen LogP contribution in [0.1, 0.15) is 28.3 Å². The molecule has 0 aromatic heterocycles. The van der Waals surface area contributed by atoms with Crippen LogP contribution in [0.2, 0.25) is 0 Å². The lowest BCUT2D eigenvalue weighted by Gasteiger charge is -2.08. The third-order valence-electron chi connectivity index (χ3n) is 3.78. The lowest BCUT2D eigenvalue weighted by Crippen LogP contribution is -2.05. The zero-order valence-electron chi connectivity index (χ0n) is 11.2. The van der Waals surface area contributed by atoms with Gasteiger partial charge in [0.1, 0.15) is 5.75 Å².